The summed E-state index contributed by atoms with van der Waals surface area (Å²) in [5.41, 5.74) is 8.33. The first-order valence-corrected chi connectivity index (χ1v) is 18.0. The van der Waals surface area contributed by atoms with Crippen LogP contribution in [-0.2, 0) is 24.1 Å². The van der Waals surface area contributed by atoms with Crippen LogP contribution in [0.5, 0.6) is 11.5 Å². The van der Waals surface area contributed by atoms with Crippen LogP contribution in [-0.4, -0.2) is 56.9 Å². The number of aromatic nitrogens is 4. The van der Waals surface area contributed by atoms with Crippen LogP contribution in [0, 0.1) is 31.0 Å². The van der Waals surface area contributed by atoms with Gasteiger partial charge in [-0.25, -0.2) is 9.37 Å². The number of nitriles is 1. The van der Waals surface area contributed by atoms with E-state index in [4.69, 9.17) is 24.5 Å². The summed E-state index contributed by atoms with van der Waals surface area (Å²) in [6.45, 7) is 9.78. The second kappa shape index (κ2) is 14.1. The number of benzene rings is 4. The van der Waals surface area contributed by atoms with Crippen molar-refractivity contribution < 1.29 is 23.4 Å². The molecule has 0 bridgehead atoms. The van der Waals surface area contributed by atoms with Crippen molar-refractivity contribution in [3.63, 3.8) is 0 Å². The van der Waals surface area contributed by atoms with Gasteiger partial charge >= 0.3 is 0 Å². The number of anilines is 1. The van der Waals surface area contributed by atoms with Gasteiger partial charge in [-0.15, -0.1) is 0 Å². The minimum absolute atomic E-state index is 0.197. The van der Waals surface area contributed by atoms with Crippen molar-refractivity contribution in [3.05, 3.63) is 118 Å². The van der Waals surface area contributed by atoms with Gasteiger partial charge in [-0.05, 0) is 92.4 Å². The van der Waals surface area contributed by atoms with Crippen LogP contribution in [0.1, 0.15) is 63.9 Å². The predicted octanol–water partition coefficient (Wildman–Crippen LogP) is 7.67. The highest BCUT2D eigenvalue weighted by atomic mass is 19.1. The van der Waals surface area contributed by atoms with E-state index in [1.807, 2.05) is 75.5 Å². The highest BCUT2D eigenvalue weighted by Gasteiger charge is 2.42. The van der Waals surface area contributed by atoms with E-state index >= 15 is 0 Å². The lowest BCUT2D eigenvalue weighted by atomic mass is 9.98. The Morgan fingerprint density at radius 1 is 1.09 bits per heavy atom. The number of amides is 1. The van der Waals surface area contributed by atoms with Gasteiger partial charge in [0, 0.05) is 68.2 Å². The van der Waals surface area contributed by atoms with E-state index in [0.29, 0.717) is 30.2 Å². The third kappa shape index (κ3) is 6.57. The predicted molar refractivity (Wildman–Crippen MR) is 204 cm³/mol. The molecule has 5 heterocycles. The van der Waals surface area contributed by atoms with Gasteiger partial charge in [0.25, 0.3) is 11.7 Å². The van der Waals surface area contributed by atoms with E-state index in [0.717, 1.165) is 82.0 Å². The monoisotopic (exact) mass is 725 g/mol. The standard InChI is InChI=1S/C39H34FN7O3.C3H6O/c1-22-16-27(19-29-23(2)44-45-36(22)29)42-38(48)26-9-11-33-32(18-26)43-35(46(33)4)21-47-14-12-25(13-15-47)28-6-5-7-34-37(28)50-39(3,49-34)30-10-8-24(20-41)17-31(30)40;1-2-4-3-1/h5-12,16-19H,13-15,21H2,1-4H3,(H,42,48)(H,44,45);1-3H2. The summed E-state index contributed by atoms with van der Waals surface area (Å²) in [5.74, 6) is -0.0653. The number of fused-ring (bicyclic) bond motifs is 3. The maximum absolute atomic E-state index is 15.0. The Kier molecular flexibility index (Phi) is 9.13. The number of para-hydroxylation sites is 1. The number of nitrogens with one attached hydrogen (secondary N) is 2. The van der Waals surface area contributed by atoms with Gasteiger partial charge in [-0.1, -0.05) is 18.2 Å². The summed E-state index contributed by atoms with van der Waals surface area (Å²) in [6.07, 6.45) is 4.25. The second-order valence-corrected chi connectivity index (χ2v) is 14.1. The summed E-state index contributed by atoms with van der Waals surface area (Å²) in [5, 5.41) is 20.5. The van der Waals surface area contributed by atoms with Gasteiger partial charge in [0.15, 0.2) is 11.5 Å². The van der Waals surface area contributed by atoms with Gasteiger partial charge < -0.3 is 24.1 Å². The van der Waals surface area contributed by atoms with Gasteiger partial charge in [0.2, 0.25) is 0 Å². The summed E-state index contributed by atoms with van der Waals surface area (Å²) in [6, 6.07) is 21.5. The molecule has 1 amide bonds. The smallest absolute Gasteiger partial charge is 0.278 e. The van der Waals surface area contributed by atoms with Crippen molar-refractivity contribution in [2.45, 2.75) is 45.9 Å². The van der Waals surface area contributed by atoms with Gasteiger partial charge in [-0.2, -0.15) is 10.4 Å². The zero-order valence-electron chi connectivity index (χ0n) is 30.6. The summed E-state index contributed by atoms with van der Waals surface area (Å²) in [4.78, 5) is 20.5. The fourth-order valence-electron chi connectivity index (χ4n) is 7.11. The van der Waals surface area contributed by atoms with Gasteiger partial charge in [0.05, 0.1) is 40.3 Å². The number of ether oxygens (including phenoxy) is 3. The summed E-state index contributed by atoms with van der Waals surface area (Å²) in [7, 11) is 2.00. The molecule has 274 valence electrons. The Balaban J connectivity index is 0.000000971. The number of hydrogen-bond acceptors (Lipinski definition) is 8. The molecule has 0 aliphatic carbocycles. The van der Waals surface area contributed by atoms with Gasteiger partial charge in [0.1, 0.15) is 11.6 Å². The first kappa shape index (κ1) is 35.0. The molecule has 1 saturated heterocycles. The van der Waals surface area contributed by atoms with E-state index < -0.39 is 11.6 Å². The van der Waals surface area contributed by atoms with Crippen molar-refractivity contribution in [1.82, 2.24) is 24.6 Å². The SMILES string of the molecule is C1COC1.Cc1[nH]nc2c(C)cc(NC(=O)c3ccc4c(c3)nc(CN3CC=C(c5cccc6c5OC(C)(c5ccc(C#N)cc5F)O6)CC3)n4C)cc12. The van der Waals surface area contributed by atoms with Crippen molar-refractivity contribution in [1.29, 1.82) is 5.26 Å². The van der Waals surface area contributed by atoms with Crippen molar-refractivity contribution in [3.8, 4) is 17.6 Å². The van der Waals surface area contributed by atoms with E-state index in [2.05, 4.69) is 31.1 Å². The van der Waals surface area contributed by atoms with Crippen molar-refractivity contribution in [2.24, 2.45) is 7.05 Å². The number of carbonyl (C=O) groups excluding carboxylic acids is 1. The third-order valence-corrected chi connectivity index (χ3v) is 10.3. The van der Waals surface area contributed by atoms with Crippen LogP contribution < -0.4 is 14.8 Å². The van der Waals surface area contributed by atoms with Crippen LogP contribution in [0.4, 0.5) is 10.1 Å². The molecule has 9 rings (SSSR count). The Hall–Kier alpha value is -6.03. The Labute approximate surface area is 312 Å². The lowest BCUT2D eigenvalue weighted by molar-refractivity contribution is -0.0708. The van der Waals surface area contributed by atoms with Crippen LogP contribution in [0.3, 0.4) is 0 Å². The van der Waals surface area contributed by atoms with E-state index in [-0.39, 0.29) is 17.0 Å². The highest BCUT2D eigenvalue weighted by Crippen LogP contribution is 2.49. The number of imidazole rings is 1. The van der Waals surface area contributed by atoms with E-state index in [1.165, 1.54) is 12.5 Å². The first-order chi connectivity index (χ1) is 26.1. The number of carbonyl (C=O) groups is 1. The van der Waals surface area contributed by atoms with Crippen LogP contribution in [0.25, 0.3) is 27.5 Å². The lowest BCUT2D eigenvalue weighted by Crippen LogP contribution is -2.33. The number of rotatable bonds is 6. The average molecular weight is 726 g/mol. The molecule has 2 N–H and O–H groups in total. The number of hydrogen-bond donors (Lipinski definition) is 2. The largest absolute Gasteiger partial charge is 0.444 e. The fourth-order valence-corrected chi connectivity index (χ4v) is 7.11. The normalized spacial score (nSPS) is 17.7. The number of nitrogens with zero attached hydrogens (tertiary/aromatic N) is 5. The van der Waals surface area contributed by atoms with Crippen molar-refractivity contribution >= 4 is 39.1 Å². The number of aromatic amines is 1. The number of halogens is 1. The number of H-pyrrole nitrogens is 1. The molecule has 2 aromatic heterocycles. The van der Waals surface area contributed by atoms with Crippen LogP contribution in [0.2, 0.25) is 0 Å². The Morgan fingerprint density at radius 3 is 2.63 bits per heavy atom. The van der Waals surface area contributed by atoms with Crippen molar-refractivity contribution in [2.75, 3.05) is 31.6 Å². The third-order valence-electron chi connectivity index (χ3n) is 10.3. The number of aryl methyl sites for hydroxylation is 3. The minimum atomic E-state index is -1.36. The van der Waals surface area contributed by atoms with E-state index in [1.54, 1.807) is 19.1 Å². The highest BCUT2D eigenvalue weighted by molar-refractivity contribution is 6.07. The molecule has 12 heteroatoms. The minimum Gasteiger partial charge on any atom is -0.444 e. The summed E-state index contributed by atoms with van der Waals surface area (Å²) < 4.78 is 34.3. The van der Waals surface area contributed by atoms with Gasteiger partial charge in [-0.3, -0.25) is 14.8 Å². The maximum atomic E-state index is 15.0. The molecule has 0 spiro atoms. The molecular weight excluding hydrogens is 686 g/mol. The maximum Gasteiger partial charge on any atom is 0.278 e. The molecule has 3 aliphatic rings. The van der Waals surface area contributed by atoms with Crippen LogP contribution >= 0.6 is 0 Å². The van der Waals surface area contributed by atoms with E-state index in [9.17, 15) is 9.18 Å². The molecule has 54 heavy (non-hydrogen) atoms. The lowest BCUT2D eigenvalue weighted by Gasteiger charge is -2.27. The molecule has 0 radical (unpaired) electrons. The summed E-state index contributed by atoms with van der Waals surface area (Å²) >= 11 is 0. The quantitative estimate of drug-likeness (QED) is 0.179. The molecule has 1 atom stereocenters. The molecule has 0 saturated carbocycles. The molecule has 1 unspecified atom stereocenters. The molecule has 6 aromatic rings. The fraction of sp³-hybridized carbons (Fsp3) is 0.286. The molecule has 11 nitrogen and oxygen atoms in total. The van der Waals surface area contributed by atoms with Crippen LogP contribution in [0.15, 0.2) is 72.8 Å². The average Bonchev–Trinajstić information content (AvgIpc) is 3.79. The molecule has 3 aliphatic heterocycles. The zero-order valence-corrected chi connectivity index (χ0v) is 30.6. The Morgan fingerprint density at radius 2 is 1.91 bits per heavy atom. The second-order valence-electron chi connectivity index (χ2n) is 14.1. The molecular formula is C42H40FN7O4. The zero-order chi connectivity index (χ0) is 37.6. The first-order valence-electron chi connectivity index (χ1n) is 18.0. The topological polar surface area (TPSA) is 130 Å². The molecule has 1 fully saturated rings. The molecule has 4 aromatic carbocycles. The Bertz CT molecular complexity index is 2510.